The Kier molecular flexibility index (Phi) is 5.59. The number of hydrogen-bond donors (Lipinski definition) is 1. The Morgan fingerprint density at radius 1 is 0.867 bits per heavy atom. The molecule has 0 spiro atoms. The Morgan fingerprint density at radius 2 is 1.37 bits per heavy atom. The van der Waals surface area contributed by atoms with E-state index >= 15 is 0 Å². The van der Waals surface area contributed by atoms with Crippen molar-refractivity contribution in [1.82, 2.24) is 9.78 Å². The van der Waals surface area contributed by atoms with Crippen LogP contribution < -0.4 is 4.72 Å². The smallest absolute Gasteiger partial charge is 0.262 e. The zero-order valence-electron chi connectivity index (χ0n) is 16.0. The number of rotatable bonds is 5. The Labute approximate surface area is 169 Å². The molecule has 5 nitrogen and oxygen atoms in total. The highest BCUT2D eigenvalue weighted by Crippen LogP contribution is 2.27. The highest BCUT2D eigenvalue weighted by molar-refractivity contribution is 7.92. The summed E-state index contributed by atoms with van der Waals surface area (Å²) in [5, 5.41) is 3.98. The van der Waals surface area contributed by atoms with Gasteiger partial charge in [-0.15, -0.1) is 0 Å². The minimum absolute atomic E-state index is 0.0144. The summed E-state index contributed by atoms with van der Waals surface area (Å²) in [5.74, 6) is -10.3. The van der Waals surface area contributed by atoms with Crippen molar-refractivity contribution < 1.29 is 30.4 Å². The van der Waals surface area contributed by atoms with Crippen molar-refractivity contribution >= 4 is 15.7 Å². The normalized spacial score (nSPS) is 11.7. The molecule has 0 bridgehead atoms. The quantitative estimate of drug-likeness (QED) is 0.361. The van der Waals surface area contributed by atoms with Gasteiger partial charge in [-0.25, -0.2) is 30.4 Å². The predicted octanol–water partition coefficient (Wildman–Crippen LogP) is 4.35. The predicted molar refractivity (Wildman–Crippen MR) is 99.0 cm³/mol. The fourth-order valence-electron chi connectivity index (χ4n) is 2.85. The van der Waals surface area contributed by atoms with E-state index in [0.717, 1.165) is 10.2 Å². The zero-order valence-corrected chi connectivity index (χ0v) is 16.8. The Morgan fingerprint density at radius 3 is 1.90 bits per heavy atom. The summed E-state index contributed by atoms with van der Waals surface area (Å²) >= 11 is 0. The summed E-state index contributed by atoms with van der Waals surface area (Å²) in [4.78, 5) is -0.0144. The van der Waals surface area contributed by atoms with Gasteiger partial charge in [-0.1, -0.05) is 17.7 Å². The van der Waals surface area contributed by atoms with Gasteiger partial charge in [0, 0.05) is 0 Å². The van der Waals surface area contributed by atoms with E-state index < -0.39 is 51.2 Å². The molecule has 1 N–H and O–H groups in total. The van der Waals surface area contributed by atoms with Crippen LogP contribution in [-0.2, 0) is 16.6 Å². The van der Waals surface area contributed by atoms with E-state index in [-0.39, 0.29) is 22.0 Å². The van der Waals surface area contributed by atoms with Crippen LogP contribution in [0, 0.1) is 49.9 Å². The summed E-state index contributed by atoms with van der Waals surface area (Å²) in [6.07, 6.45) is 0. The number of halogens is 5. The van der Waals surface area contributed by atoms with Gasteiger partial charge in [-0.2, -0.15) is 5.10 Å². The molecule has 3 aromatic rings. The third kappa shape index (κ3) is 3.76. The molecular weight excluding hydrogens is 429 g/mol. The molecule has 0 unspecified atom stereocenters. The van der Waals surface area contributed by atoms with E-state index in [4.69, 9.17) is 0 Å². The minimum atomic E-state index is -3.99. The summed E-state index contributed by atoms with van der Waals surface area (Å²) in [6, 6.07) is 6.03. The number of benzene rings is 2. The van der Waals surface area contributed by atoms with Gasteiger partial charge in [0.1, 0.15) is 0 Å². The van der Waals surface area contributed by atoms with Crippen LogP contribution in [0.1, 0.15) is 22.5 Å². The summed E-state index contributed by atoms with van der Waals surface area (Å²) in [6.45, 7) is 3.85. The largest absolute Gasteiger partial charge is 0.276 e. The molecule has 160 valence electrons. The summed E-state index contributed by atoms with van der Waals surface area (Å²) < 4.78 is 96.6. The lowest BCUT2D eigenvalue weighted by atomic mass is 10.1. The molecule has 0 aliphatic rings. The molecule has 0 aliphatic heterocycles. The lowest BCUT2D eigenvalue weighted by Gasteiger charge is -2.11. The van der Waals surface area contributed by atoms with Crippen LogP contribution in [0.3, 0.4) is 0 Å². The fourth-order valence-corrected chi connectivity index (χ4v) is 4.02. The van der Waals surface area contributed by atoms with Crippen molar-refractivity contribution in [3.05, 3.63) is 75.9 Å². The van der Waals surface area contributed by atoms with Gasteiger partial charge in [0.2, 0.25) is 5.82 Å². The number of sulfonamides is 1. The molecule has 3 rings (SSSR count). The van der Waals surface area contributed by atoms with E-state index in [1.807, 2.05) is 0 Å². The summed E-state index contributed by atoms with van der Waals surface area (Å²) in [5.41, 5.74) is 0.112. The molecule has 2 aromatic carbocycles. The van der Waals surface area contributed by atoms with Crippen LogP contribution in [0.2, 0.25) is 0 Å². The first kappa shape index (κ1) is 21.8. The van der Waals surface area contributed by atoms with Gasteiger partial charge in [-0.3, -0.25) is 9.40 Å². The maximum Gasteiger partial charge on any atom is 0.262 e. The summed E-state index contributed by atoms with van der Waals surface area (Å²) in [7, 11) is -3.99. The van der Waals surface area contributed by atoms with Crippen LogP contribution in [0.15, 0.2) is 29.2 Å². The van der Waals surface area contributed by atoms with E-state index in [1.54, 1.807) is 19.1 Å². The third-order valence-corrected chi connectivity index (χ3v) is 5.92. The van der Waals surface area contributed by atoms with Gasteiger partial charge < -0.3 is 0 Å². The third-order valence-electron chi connectivity index (χ3n) is 4.56. The first-order chi connectivity index (χ1) is 13.9. The van der Waals surface area contributed by atoms with Gasteiger partial charge in [0.15, 0.2) is 23.3 Å². The molecular formula is C19H16F5N3O2S. The zero-order chi connectivity index (χ0) is 22.4. The monoisotopic (exact) mass is 445 g/mol. The molecule has 0 saturated carbocycles. The van der Waals surface area contributed by atoms with Crippen molar-refractivity contribution in [2.24, 2.45) is 0 Å². The van der Waals surface area contributed by atoms with Crippen LogP contribution in [-0.4, -0.2) is 18.2 Å². The maximum atomic E-state index is 14.0. The van der Waals surface area contributed by atoms with E-state index in [0.29, 0.717) is 0 Å². The van der Waals surface area contributed by atoms with Gasteiger partial charge in [0.25, 0.3) is 10.0 Å². The SMILES string of the molecule is Cc1ccc(S(=O)(=O)Nc2c(C)nn(Cc3c(F)c(F)c(F)c(F)c3F)c2C)cc1. The van der Waals surface area contributed by atoms with E-state index in [9.17, 15) is 30.4 Å². The van der Waals surface area contributed by atoms with Crippen molar-refractivity contribution in [3.8, 4) is 0 Å². The number of nitrogens with zero attached hydrogens (tertiary/aromatic N) is 2. The number of anilines is 1. The lowest BCUT2D eigenvalue weighted by Crippen LogP contribution is -2.15. The molecule has 0 radical (unpaired) electrons. The van der Waals surface area contributed by atoms with E-state index in [1.165, 1.54) is 26.0 Å². The second kappa shape index (κ2) is 7.71. The Balaban J connectivity index is 1.99. The average molecular weight is 445 g/mol. The Hall–Kier alpha value is -2.95. The van der Waals surface area contributed by atoms with E-state index in [2.05, 4.69) is 9.82 Å². The second-order valence-corrected chi connectivity index (χ2v) is 8.35. The molecule has 1 aromatic heterocycles. The van der Waals surface area contributed by atoms with Crippen molar-refractivity contribution in [1.29, 1.82) is 0 Å². The molecule has 0 amide bonds. The molecule has 0 aliphatic carbocycles. The van der Waals surface area contributed by atoms with Crippen molar-refractivity contribution in [2.45, 2.75) is 32.2 Å². The highest BCUT2D eigenvalue weighted by atomic mass is 32.2. The first-order valence-corrected chi connectivity index (χ1v) is 10.1. The molecule has 30 heavy (non-hydrogen) atoms. The number of aromatic nitrogens is 2. The fraction of sp³-hybridized carbons (Fsp3) is 0.211. The average Bonchev–Trinajstić information content (AvgIpc) is 2.95. The standard InChI is InChI=1S/C19H16F5N3O2S/c1-9-4-6-12(7-5-9)30(28,29)26-19-10(2)25-27(11(19)3)8-13-14(20)16(22)18(24)17(23)15(13)21/h4-7,26H,8H2,1-3H3. The first-order valence-electron chi connectivity index (χ1n) is 8.57. The highest BCUT2D eigenvalue weighted by Gasteiger charge is 2.27. The van der Waals surface area contributed by atoms with Gasteiger partial charge in [-0.05, 0) is 32.9 Å². The number of hydrogen-bond acceptors (Lipinski definition) is 3. The molecule has 0 fully saturated rings. The second-order valence-electron chi connectivity index (χ2n) is 6.67. The van der Waals surface area contributed by atoms with Crippen LogP contribution >= 0.6 is 0 Å². The Bertz CT molecular complexity index is 1210. The van der Waals surface area contributed by atoms with Crippen molar-refractivity contribution in [3.63, 3.8) is 0 Å². The van der Waals surface area contributed by atoms with Crippen LogP contribution in [0.25, 0.3) is 0 Å². The maximum absolute atomic E-state index is 14.0. The number of aryl methyl sites for hydroxylation is 2. The molecule has 11 heteroatoms. The number of nitrogens with one attached hydrogen (secondary N) is 1. The topological polar surface area (TPSA) is 64.0 Å². The van der Waals surface area contributed by atoms with Crippen molar-refractivity contribution in [2.75, 3.05) is 4.72 Å². The molecule has 1 heterocycles. The minimum Gasteiger partial charge on any atom is -0.276 e. The van der Waals surface area contributed by atoms with Crippen LogP contribution in [0.4, 0.5) is 27.6 Å². The molecule has 0 atom stereocenters. The van der Waals surface area contributed by atoms with Gasteiger partial charge >= 0.3 is 0 Å². The van der Waals surface area contributed by atoms with Crippen LogP contribution in [0.5, 0.6) is 0 Å². The molecule has 0 saturated heterocycles. The van der Waals surface area contributed by atoms with Gasteiger partial charge in [0.05, 0.1) is 34.1 Å². The lowest BCUT2D eigenvalue weighted by molar-refractivity contribution is 0.366.